The van der Waals surface area contributed by atoms with E-state index in [9.17, 15) is 9.59 Å². The smallest absolute Gasteiger partial charge is 0.244 e. The van der Waals surface area contributed by atoms with Crippen LogP contribution in [0, 0.1) is 0 Å². The first-order valence-corrected chi connectivity index (χ1v) is 7.87. The standard InChI is InChI=1S/C16H21BrN2O3/c1-4-9-18-16(21)11(2)19-15(20)8-5-12-10-13(17)6-7-14(12)22-3/h5-8,10-11H,4,9H2,1-3H3,(H,18,21)(H,19,20). The fourth-order valence-electron chi connectivity index (χ4n) is 1.73. The highest BCUT2D eigenvalue weighted by molar-refractivity contribution is 9.10. The number of carbonyl (C=O) groups excluding carboxylic acids is 2. The number of rotatable bonds is 7. The molecular weight excluding hydrogens is 348 g/mol. The van der Waals surface area contributed by atoms with E-state index in [2.05, 4.69) is 26.6 Å². The van der Waals surface area contributed by atoms with Crippen molar-refractivity contribution in [2.75, 3.05) is 13.7 Å². The van der Waals surface area contributed by atoms with Crippen molar-refractivity contribution in [1.82, 2.24) is 10.6 Å². The minimum Gasteiger partial charge on any atom is -0.496 e. The lowest BCUT2D eigenvalue weighted by atomic mass is 10.2. The van der Waals surface area contributed by atoms with Crippen molar-refractivity contribution in [3.05, 3.63) is 34.3 Å². The Hall–Kier alpha value is -1.82. The van der Waals surface area contributed by atoms with Gasteiger partial charge in [-0.3, -0.25) is 9.59 Å². The van der Waals surface area contributed by atoms with Gasteiger partial charge in [0.25, 0.3) is 0 Å². The van der Waals surface area contributed by atoms with Gasteiger partial charge in [0.1, 0.15) is 11.8 Å². The first-order chi connectivity index (χ1) is 10.5. The molecule has 2 N–H and O–H groups in total. The van der Waals surface area contributed by atoms with E-state index >= 15 is 0 Å². The number of ether oxygens (including phenoxy) is 1. The summed E-state index contributed by atoms with van der Waals surface area (Å²) in [4.78, 5) is 23.5. The Balaban J connectivity index is 2.64. The van der Waals surface area contributed by atoms with E-state index in [0.717, 1.165) is 16.5 Å². The molecule has 2 amide bonds. The number of hydrogen-bond acceptors (Lipinski definition) is 3. The third-order valence-corrected chi connectivity index (χ3v) is 3.40. The average Bonchev–Trinajstić information content (AvgIpc) is 2.50. The summed E-state index contributed by atoms with van der Waals surface area (Å²) in [5, 5.41) is 5.35. The van der Waals surface area contributed by atoms with Crippen molar-refractivity contribution in [2.24, 2.45) is 0 Å². The van der Waals surface area contributed by atoms with Crippen molar-refractivity contribution < 1.29 is 14.3 Å². The van der Waals surface area contributed by atoms with Crippen LogP contribution in [0.25, 0.3) is 6.08 Å². The van der Waals surface area contributed by atoms with Gasteiger partial charge in [0.05, 0.1) is 7.11 Å². The van der Waals surface area contributed by atoms with Crippen molar-refractivity contribution in [3.8, 4) is 5.75 Å². The zero-order valence-corrected chi connectivity index (χ0v) is 14.6. The second-order valence-electron chi connectivity index (χ2n) is 4.74. The number of benzene rings is 1. The zero-order valence-electron chi connectivity index (χ0n) is 13.0. The van der Waals surface area contributed by atoms with E-state index in [1.807, 2.05) is 25.1 Å². The molecule has 0 aliphatic carbocycles. The molecule has 6 heteroatoms. The maximum atomic E-state index is 11.9. The predicted molar refractivity (Wildman–Crippen MR) is 90.6 cm³/mol. The highest BCUT2D eigenvalue weighted by atomic mass is 79.9. The van der Waals surface area contributed by atoms with Crippen LogP contribution in [0.15, 0.2) is 28.7 Å². The minimum atomic E-state index is -0.576. The molecule has 1 rings (SSSR count). The van der Waals surface area contributed by atoms with Gasteiger partial charge in [0, 0.05) is 22.7 Å². The van der Waals surface area contributed by atoms with Crippen molar-refractivity contribution >= 4 is 33.8 Å². The molecule has 0 bridgehead atoms. The van der Waals surface area contributed by atoms with Gasteiger partial charge in [0.15, 0.2) is 0 Å². The van der Waals surface area contributed by atoms with E-state index in [1.165, 1.54) is 6.08 Å². The molecule has 0 fully saturated rings. The summed E-state index contributed by atoms with van der Waals surface area (Å²) in [7, 11) is 1.57. The van der Waals surface area contributed by atoms with Gasteiger partial charge in [-0.05, 0) is 37.6 Å². The Kier molecular flexibility index (Phi) is 7.66. The van der Waals surface area contributed by atoms with Crippen LogP contribution in [-0.4, -0.2) is 31.5 Å². The molecule has 120 valence electrons. The lowest BCUT2D eigenvalue weighted by Crippen LogP contribution is -2.44. The van der Waals surface area contributed by atoms with Gasteiger partial charge in [-0.15, -0.1) is 0 Å². The van der Waals surface area contributed by atoms with Gasteiger partial charge in [-0.1, -0.05) is 22.9 Å². The molecule has 0 aliphatic rings. The highest BCUT2D eigenvalue weighted by Crippen LogP contribution is 2.23. The normalized spacial score (nSPS) is 12.0. The first-order valence-electron chi connectivity index (χ1n) is 7.07. The molecule has 0 radical (unpaired) electrons. The molecule has 1 atom stereocenters. The maximum absolute atomic E-state index is 11.9. The van der Waals surface area contributed by atoms with Crippen LogP contribution < -0.4 is 15.4 Å². The molecule has 0 saturated heterocycles. The zero-order chi connectivity index (χ0) is 16.5. The molecule has 0 spiro atoms. The molecule has 1 unspecified atom stereocenters. The predicted octanol–water partition coefficient (Wildman–Crippen LogP) is 2.50. The number of nitrogens with one attached hydrogen (secondary N) is 2. The molecule has 1 aromatic carbocycles. The number of hydrogen-bond donors (Lipinski definition) is 2. The van der Waals surface area contributed by atoms with Gasteiger partial charge in [0.2, 0.25) is 11.8 Å². The number of amides is 2. The third kappa shape index (κ3) is 5.89. The van der Waals surface area contributed by atoms with Crippen LogP contribution in [-0.2, 0) is 9.59 Å². The summed E-state index contributed by atoms with van der Waals surface area (Å²) >= 11 is 3.37. The van der Waals surface area contributed by atoms with Crippen molar-refractivity contribution in [2.45, 2.75) is 26.3 Å². The second kappa shape index (κ2) is 9.25. The summed E-state index contributed by atoms with van der Waals surface area (Å²) in [5.41, 5.74) is 0.773. The van der Waals surface area contributed by atoms with Gasteiger partial charge in [-0.25, -0.2) is 0 Å². The minimum absolute atomic E-state index is 0.191. The topological polar surface area (TPSA) is 67.4 Å². The fourth-order valence-corrected chi connectivity index (χ4v) is 2.11. The van der Waals surface area contributed by atoms with Crippen LogP contribution in [0.5, 0.6) is 5.75 Å². The van der Waals surface area contributed by atoms with Crippen molar-refractivity contribution in [3.63, 3.8) is 0 Å². The molecular formula is C16H21BrN2O3. The van der Waals surface area contributed by atoms with Crippen LogP contribution in [0.2, 0.25) is 0 Å². The quantitative estimate of drug-likeness (QED) is 0.726. The van der Waals surface area contributed by atoms with Crippen LogP contribution in [0.1, 0.15) is 25.8 Å². The van der Waals surface area contributed by atoms with E-state index in [0.29, 0.717) is 12.3 Å². The van der Waals surface area contributed by atoms with E-state index in [1.54, 1.807) is 20.1 Å². The van der Waals surface area contributed by atoms with Crippen LogP contribution in [0.4, 0.5) is 0 Å². The summed E-state index contributed by atoms with van der Waals surface area (Å²) in [6.07, 6.45) is 3.89. The Morgan fingerprint density at radius 3 is 2.77 bits per heavy atom. The van der Waals surface area contributed by atoms with E-state index in [-0.39, 0.29) is 11.8 Å². The SMILES string of the molecule is CCCNC(=O)C(C)NC(=O)C=Cc1cc(Br)ccc1OC. The van der Waals surface area contributed by atoms with Gasteiger partial charge < -0.3 is 15.4 Å². The Bertz CT molecular complexity index is 558. The van der Waals surface area contributed by atoms with Crippen LogP contribution in [0.3, 0.4) is 0 Å². The third-order valence-electron chi connectivity index (χ3n) is 2.91. The average molecular weight is 369 g/mol. The van der Waals surface area contributed by atoms with E-state index < -0.39 is 6.04 Å². The van der Waals surface area contributed by atoms with Crippen LogP contribution >= 0.6 is 15.9 Å². The van der Waals surface area contributed by atoms with Gasteiger partial charge >= 0.3 is 0 Å². The monoisotopic (exact) mass is 368 g/mol. The largest absolute Gasteiger partial charge is 0.496 e. The summed E-state index contributed by atoms with van der Waals surface area (Å²) in [6.45, 7) is 4.22. The summed E-state index contributed by atoms with van der Waals surface area (Å²) in [5.74, 6) is 0.144. The lowest BCUT2D eigenvalue weighted by Gasteiger charge is -2.12. The molecule has 0 aliphatic heterocycles. The molecule has 22 heavy (non-hydrogen) atoms. The highest BCUT2D eigenvalue weighted by Gasteiger charge is 2.13. The molecule has 0 aromatic heterocycles. The first kappa shape index (κ1) is 18.2. The summed E-state index contributed by atoms with van der Waals surface area (Å²) in [6, 6.07) is 4.94. The Morgan fingerprint density at radius 1 is 1.41 bits per heavy atom. The number of halogens is 1. The fraction of sp³-hybridized carbons (Fsp3) is 0.375. The molecule has 0 saturated carbocycles. The number of methoxy groups -OCH3 is 1. The van der Waals surface area contributed by atoms with Gasteiger partial charge in [-0.2, -0.15) is 0 Å². The second-order valence-corrected chi connectivity index (χ2v) is 5.66. The lowest BCUT2D eigenvalue weighted by molar-refractivity contribution is -0.126. The Morgan fingerprint density at radius 2 is 2.14 bits per heavy atom. The molecule has 0 heterocycles. The molecule has 5 nitrogen and oxygen atoms in total. The van der Waals surface area contributed by atoms with E-state index in [4.69, 9.17) is 4.74 Å². The Labute approximate surface area is 139 Å². The number of carbonyl (C=O) groups is 2. The molecule has 1 aromatic rings. The summed E-state index contributed by atoms with van der Waals surface area (Å²) < 4.78 is 6.12. The van der Waals surface area contributed by atoms with Crippen molar-refractivity contribution in [1.29, 1.82) is 0 Å². The maximum Gasteiger partial charge on any atom is 0.244 e.